The molecule has 0 fully saturated rings. The van der Waals surface area contributed by atoms with Crippen molar-refractivity contribution in [2.45, 2.75) is 13.0 Å². The first-order valence-electron chi connectivity index (χ1n) is 10.4. The van der Waals surface area contributed by atoms with Crippen LogP contribution in [0.25, 0.3) is 0 Å². The molecule has 0 saturated carbocycles. The number of amides is 2. The minimum Gasteiger partial charge on any atom is -0.497 e. The Morgan fingerprint density at radius 2 is 1.65 bits per heavy atom. The van der Waals surface area contributed by atoms with E-state index in [-0.39, 0.29) is 35.8 Å². The number of carbonyl (C=O) groups is 3. The van der Waals surface area contributed by atoms with Crippen molar-refractivity contribution in [1.82, 2.24) is 10.6 Å². The molecule has 180 valence electrons. The fraction of sp³-hybridized carbons (Fsp3) is 0.292. The average molecular weight is 470 g/mol. The highest BCUT2D eigenvalue weighted by atomic mass is 16.5. The Bertz CT molecular complexity index is 1090. The van der Waals surface area contributed by atoms with Crippen LogP contribution < -0.4 is 24.8 Å². The molecule has 2 N–H and O–H groups in total. The van der Waals surface area contributed by atoms with Crippen molar-refractivity contribution in [3.05, 3.63) is 64.9 Å². The minimum absolute atomic E-state index is 0.109. The Kier molecular flexibility index (Phi) is 7.96. The lowest BCUT2D eigenvalue weighted by Crippen LogP contribution is -2.47. The van der Waals surface area contributed by atoms with E-state index in [9.17, 15) is 14.4 Å². The lowest BCUT2D eigenvalue weighted by atomic mass is 9.95. The monoisotopic (exact) mass is 470 g/mol. The third-order valence-corrected chi connectivity index (χ3v) is 5.07. The van der Waals surface area contributed by atoms with Gasteiger partial charge in [-0.1, -0.05) is 18.2 Å². The number of esters is 2. The molecule has 34 heavy (non-hydrogen) atoms. The van der Waals surface area contributed by atoms with Crippen LogP contribution in [-0.2, 0) is 14.3 Å². The molecule has 10 heteroatoms. The first-order chi connectivity index (χ1) is 16.4. The van der Waals surface area contributed by atoms with E-state index >= 15 is 0 Å². The van der Waals surface area contributed by atoms with Crippen LogP contribution in [0.3, 0.4) is 0 Å². The summed E-state index contributed by atoms with van der Waals surface area (Å²) < 4.78 is 26.3. The second-order valence-corrected chi connectivity index (χ2v) is 7.03. The van der Waals surface area contributed by atoms with E-state index in [4.69, 9.17) is 23.7 Å². The predicted octanol–water partition coefficient (Wildman–Crippen LogP) is 2.74. The molecule has 0 unspecified atom stereocenters. The maximum absolute atomic E-state index is 12.8. The van der Waals surface area contributed by atoms with Gasteiger partial charge in [0.25, 0.3) is 0 Å². The topological polar surface area (TPSA) is 121 Å². The number of nitrogens with one attached hydrogen (secondary N) is 2. The molecule has 2 amide bonds. The fourth-order valence-electron chi connectivity index (χ4n) is 3.49. The largest absolute Gasteiger partial charge is 0.497 e. The van der Waals surface area contributed by atoms with Gasteiger partial charge in [0, 0.05) is 0 Å². The third-order valence-electron chi connectivity index (χ3n) is 5.07. The molecule has 1 heterocycles. The van der Waals surface area contributed by atoms with Crippen molar-refractivity contribution in [3.8, 4) is 17.2 Å². The van der Waals surface area contributed by atoms with Gasteiger partial charge in [-0.2, -0.15) is 0 Å². The van der Waals surface area contributed by atoms with Crippen LogP contribution in [0.1, 0.15) is 28.9 Å². The molecular weight excluding hydrogens is 444 g/mol. The first-order valence-corrected chi connectivity index (χ1v) is 10.4. The second-order valence-electron chi connectivity index (χ2n) is 7.03. The predicted molar refractivity (Wildman–Crippen MR) is 121 cm³/mol. The van der Waals surface area contributed by atoms with Crippen LogP contribution in [0, 0.1) is 0 Å². The number of hydrogen-bond acceptors (Lipinski definition) is 8. The fourth-order valence-corrected chi connectivity index (χ4v) is 3.49. The number of benzene rings is 2. The van der Waals surface area contributed by atoms with Gasteiger partial charge in [-0.05, 0) is 36.8 Å². The van der Waals surface area contributed by atoms with E-state index in [2.05, 4.69) is 10.6 Å². The van der Waals surface area contributed by atoms with E-state index in [0.717, 1.165) is 0 Å². The summed E-state index contributed by atoms with van der Waals surface area (Å²) in [6.07, 6.45) is 0. The summed E-state index contributed by atoms with van der Waals surface area (Å²) in [5.74, 6) is -0.189. The molecule has 3 rings (SSSR count). The molecule has 1 atom stereocenters. The van der Waals surface area contributed by atoms with E-state index < -0.39 is 24.0 Å². The number of methoxy groups -OCH3 is 3. The van der Waals surface area contributed by atoms with Crippen LogP contribution >= 0.6 is 0 Å². The van der Waals surface area contributed by atoms with E-state index in [0.29, 0.717) is 17.1 Å². The summed E-state index contributed by atoms with van der Waals surface area (Å²) in [6, 6.07) is 10.3. The maximum Gasteiger partial charge on any atom is 0.342 e. The highest BCUT2D eigenvalue weighted by Crippen LogP contribution is 2.32. The Balaban J connectivity index is 1.94. The van der Waals surface area contributed by atoms with Gasteiger partial charge >= 0.3 is 18.0 Å². The van der Waals surface area contributed by atoms with Crippen LogP contribution in [0.15, 0.2) is 53.7 Å². The number of carbonyl (C=O) groups excluding carboxylic acids is 3. The quantitative estimate of drug-likeness (QED) is 0.537. The van der Waals surface area contributed by atoms with Gasteiger partial charge in [0.15, 0.2) is 11.5 Å². The zero-order valence-corrected chi connectivity index (χ0v) is 19.3. The van der Waals surface area contributed by atoms with Crippen LogP contribution in [0.2, 0.25) is 0 Å². The van der Waals surface area contributed by atoms with Crippen LogP contribution in [-0.4, -0.2) is 52.5 Å². The van der Waals surface area contributed by atoms with E-state index in [1.165, 1.54) is 27.4 Å². The lowest BCUT2D eigenvalue weighted by Gasteiger charge is -2.29. The van der Waals surface area contributed by atoms with Gasteiger partial charge in [0.2, 0.25) is 0 Å². The molecule has 0 aliphatic carbocycles. The molecule has 0 spiro atoms. The summed E-state index contributed by atoms with van der Waals surface area (Å²) in [5, 5.41) is 5.27. The highest BCUT2D eigenvalue weighted by molar-refractivity contribution is 5.96. The number of rotatable bonds is 9. The van der Waals surface area contributed by atoms with Gasteiger partial charge in [-0.15, -0.1) is 0 Å². The first kappa shape index (κ1) is 24.4. The minimum atomic E-state index is -0.821. The molecule has 2 aromatic rings. The van der Waals surface area contributed by atoms with Crippen molar-refractivity contribution in [3.63, 3.8) is 0 Å². The standard InChI is InChI=1S/C24H26N2O8/c1-5-33-23(28)19-17(13-34-22(27)16-7-6-8-18(31-3)21(16)32-4)25-24(29)26-20(19)14-9-11-15(30-2)12-10-14/h6-12,20H,5,13H2,1-4H3,(H2,25,26,29)/t20-/m1/s1. The van der Waals surface area contributed by atoms with Crippen molar-refractivity contribution < 1.29 is 38.1 Å². The molecule has 2 aromatic carbocycles. The average Bonchev–Trinajstić information content (AvgIpc) is 2.86. The SMILES string of the molecule is CCOC(=O)C1=C(COC(=O)c2cccc(OC)c2OC)NC(=O)N[C@@H]1c1ccc(OC)cc1. The lowest BCUT2D eigenvalue weighted by molar-refractivity contribution is -0.139. The van der Waals surface area contributed by atoms with Gasteiger partial charge in [0.1, 0.15) is 17.9 Å². The molecule has 0 bridgehead atoms. The normalized spacial score (nSPS) is 15.1. The molecule has 0 saturated heterocycles. The third kappa shape index (κ3) is 5.22. The summed E-state index contributed by atoms with van der Waals surface area (Å²) in [5.41, 5.74) is 0.986. The van der Waals surface area contributed by atoms with Gasteiger partial charge in [-0.25, -0.2) is 14.4 Å². The maximum atomic E-state index is 12.8. The Hall–Kier alpha value is -4.21. The second kappa shape index (κ2) is 11.1. The number of ether oxygens (including phenoxy) is 5. The van der Waals surface area contributed by atoms with Crippen molar-refractivity contribution in [1.29, 1.82) is 0 Å². The molecule has 0 radical (unpaired) electrons. The Morgan fingerprint density at radius 1 is 0.912 bits per heavy atom. The Labute approximate surface area is 196 Å². The number of para-hydroxylation sites is 1. The van der Waals surface area contributed by atoms with Gasteiger partial charge in [0.05, 0.1) is 45.2 Å². The van der Waals surface area contributed by atoms with Gasteiger partial charge in [-0.3, -0.25) is 0 Å². The van der Waals surface area contributed by atoms with E-state index in [1.54, 1.807) is 43.3 Å². The zero-order valence-electron chi connectivity index (χ0n) is 19.3. The van der Waals surface area contributed by atoms with E-state index in [1.807, 2.05) is 0 Å². The van der Waals surface area contributed by atoms with Gasteiger partial charge < -0.3 is 34.3 Å². The summed E-state index contributed by atoms with van der Waals surface area (Å²) in [4.78, 5) is 38.0. The van der Waals surface area contributed by atoms with Crippen molar-refractivity contribution in [2.24, 2.45) is 0 Å². The molecule has 1 aliphatic rings. The summed E-state index contributed by atoms with van der Waals surface area (Å²) in [7, 11) is 4.39. The summed E-state index contributed by atoms with van der Waals surface area (Å²) >= 11 is 0. The number of urea groups is 1. The summed E-state index contributed by atoms with van der Waals surface area (Å²) in [6.45, 7) is 1.41. The molecular formula is C24H26N2O8. The van der Waals surface area contributed by atoms with Crippen molar-refractivity contribution in [2.75, 3.05) is 34.5 Å². The Morgan fingerprint density at radius 3 is 2.26 bits per heavy atom. The molecule has 10 nitrogen and oxygen atoms in total. The van der Waals surface area contributed by atoms with Crippen molar-refractivity contribution >= 4 is 18.0 Å². The molecule has 0 aromatic heterocycles. The highest BCUT2D eigenvalue weighted by Gasteiger charge is 2.34. The zero-order chi connectivity index (χ0) is 24.7. The number of hydrogen-bond donors (Lipinski definition) is 2. The smallest absolute Gasteiger partial charge is 0.342 e. The van der Waals surface area contributed by atoms with Crippen LogP contribution in [0.5, 0.6) is 17.2 Å². The van der Waals surface area contributed by atoms with Crippen LogP contribution in [0.4, 0.5) is 4.79 Å². The molecule has 1 aliphatic heterocycles.